The maximum atomic E-state index is 12.6. The maximum Gasteiger partial charge on any atom is 0.255 e. The van der Waals surface area contributed by atoms with Crippen LogP contribution in [0.5, 0.6) is 0 Å². The van der Waals surface area contributed by atoms with Gasteiger partial charge in [0, 0.05) is 25.1 Å². The minimum absolute atomic E-state index is 0.132. The molecule has 25 heavy (non-hydrogen) atoms. The molecule has 0 aliphatic carbocycles. The molecule has 7 nitrogen and oxygen atoms in total. The molecular weight excluding hydrogens is 320 g/mol. The number of unbranched alkanes of at least 4 members (excludes halogenated alkanes) is 1. The number of nitrogens with two attached hydrogens (primary N) is 1. The average Bonchev–Trinajstić information content (AvgIpc) is 2.91. The second-order valence-corrected chi connectivity index (χ2v) is 6.56. The number of imide groups is 1. The van der Waals surface area contributed by atoms with Crippen molar-refractivity contribution in [1.29, 1.82) is 0 Å². The lowest BCUT2D eigenvalue weighted by molar-refractivity contribution is -0.136. The zero-order valence-electron chi connectivity index (χ0n) is 14.2. The molecule has 0 bridgehead atoms. The summed E-state index contributed by atoms with van der Waals surface area (Å²) >= 11 is 0. The van der Waals surface area contributed by atoms with Crippen molar-refractivity contribution < 1.29 is 14.4 Å². The summed E-state index contributed by atoms with van der Waals surface area (Å²) in [4.78, 5) is 37.5. The molecule has 1 unspecified atom stereocenters. The third kappa shape index (κ3) is 3.88. The maximum absolute atomic E-state index is 12.6. The van der Waals surface area contributed by atoms with Crippen LogP contribution in [0.2, 0.25) is 0 Å². The van der Waals surface area contributed by atoms with Gasteiger partial charge < -0.3 is 16.0 Å². The summed E-state index contributed by atoms with van der Waals surface area (Å²) < 4.78 is 0. The number of carbonyl (C=O) groups excluding carboxylic acids is 3. The van der Waals surface area contributed by atoms with Crippen molar-refractivity contribution in [3.8, 4) is 0 Å². The van der Waals surface area contributed by atoms with Crippen LogP contribution in [0.3, 0.4) is 0 Å². The number of piperidine rings is 1. The lowest BCUT2D eigenvalue weighted by atomic mass is 10.0. The van der Waals surface area contributed by atoms with Gasteiger partial charge in [-0.3, -0.25) is 19.7 Å². The van der Waals surface area contributed by atoms with Crippen molar-refractivity contribution >= 4 is 17.7 Å². The van der Waals surface area contributed by atoms with Gasteiger partial charge in [-0.25, -0.2) is 0 Å². The lowest BCUT2D eigenvalue weighted by Crippen LogP contribution is -2.52. The highest BCUT2D eigenvalue weighted by atomic mass is 16.2. The van der Waals surface area contributed by atoms with E-state index in [1.165, 1.54) is 0 Å². The first kappa shape index (κ1) is 17.6. The number of amides is 3. The van der Waals surface area contributed by atoms with E-state index in [9.17, 15) is 14.4 Å². The van der Waals surface area contributed by atoms with E-state index >= 15 is 0 Å². The summed E-state index contributed by atoms with van der Waals surface area (Å²) in [5, 5.41) is 5.69. The van der Waals surface area contributed by atoms with Gasteiger partial charge in [0.1, 0.15) is 6.04 Å². The molecule has 0 aromatic heterocycles. The Morgan fingerprint density at radius 3 is 2.84 bits per heavy atom. The predicted molar refractivity (Wildman–Crippen MR) is 92.5 cm³/mol. The second-order valence-electron chi connectivity index (χ2n) is 6.56. The van der Waals surface area contributed by atoms with Crippen LogP contribution in [-0.4, -0.2) is 41.8 Å². The molecule has 134 valence electrons. The Bertz CT molecular complexity index is 689. The first-order chi connectivity index (χ1) is 12.1. The minimum atomic E-state index is -0.560. The summed E-state index contributed by atoms with van der Waals surface area (Å²) in [5.41, 5.74) is 8.18. The number of rotatable bonds is 7. The average molecular weight is 344 g/mol. The first-order valence-electron chi connectivity index (χ1n) is 8.77. The van der Waals surface area contributed by atoms with Gasteiger partial charge in [0.05, 0.1) is 0 Å². The van der Waals surface area contributed by atoms with Gasteiger partial charge in [0.25, 0.3) is 5.91 Å². The van der Waals surface area contributed by atoms with Crippen LogP contribution in [0.15, 0.2) is 18.2 Å². The number of hydrogen-bond donors (Lipinski definition) is 3. The summed E-state index contributed by atoms with van der Waals surface area (Å²) in [7, 11) is 0. The van der Waals surface area contributed by atoms with Gasteiger partial charge in [-0.2, -0.15) is 0 Å². The van der Waals surface area contributed by atoms with Crippen LogP contribution in [0.25, 0.3) is 0 Å². The Labute approximate surface area is 146 Å². The number of hydrogen-bond acceptors (Lipinski definition) is 5. The molecule has 0 saturated carbocycles. The van der Waals surface area contributed by atoms with Gasteiger partial charge >= 0.3 is 0 Å². The van der Waals surface area contributed by atoms with Gasteiger partial charge in [-0.05, 0) is 49.5 Å². The number of nitrogens with one attached hydrogen (secondary N) is 2. The minimum Gasteiger partial charge on any atom is -0.330 e. The SMILES string of the molecule is NCCCCNCc1ccc2c(c1)CN(C1CCC(=O)NC1=O)C2=O. The van der Waals surface area contributed by atoms with E-state index in [1.54, 1.807) is 4.90 Å². The molecule has 3 amide bonds. The fourth-order valence-corrected chi connectivity index (χ4v) is 3.36. The molecule has 3 rings (SSSR count). The van der Waals surface area contributed by atoms with Crippen LogP contribution in [0.1, 0.15) is 47.2 Å². The summed E-state index contributed by atoms with van der Waals surface area (Å²) in [5.74, 6) is -0.778. The molecule has 2 aliphatic rings. The van der Waals surface area contributed by atoms with Crippen molar-refractivity contribution in [2.24, 2.45) is 5.73 Å². The normalized spacial score (nSPS) is 20.0. The van der Waals surface area contributed by atoms with Crippen molar-refractivity contribution in [1.82, 2.24) is 15.5 Å². The highest BCUT2D eigenvalue weighted by Crippen LogP contribution is 2.28. The Kier molecular flexibility index (Phi) is 5.45. The van der Waals surface area contributed by atoms with Gasteiger partial charge in [-0.1, -0.05) is 12.1 Å². The molecule has 1 fully saturated rings. The zero-order chi connectivity index (χ0) is 17.8. The van der Waals surface area contributed by atoms with Crippen LogP contribution < -0.4 is 16.4 Å². The third-order valence-electron chi connectivity index (χ3n) is 4.72. The van der Waals surface area contributed by atoms with E-state index in [-0.39, 0.29) is 24.1 Å². The fourth-order valence-electron chi connectivity index (χ4n) is 3.36. The van der Waals surface area contributed by atoms with Gasteiger partial charge in [0.2, 0.25) is 11.8 Å². The Morgan fingerprint density at radius 1 is 1.24 bits per heavy atom. The summed E-state index contributed by atoms with van der Waals surface area (Å²) in [6.45, 7) is 2.78. The van der Waals surface area contributed by atoms with Crippen molar-refractivity contribution in [2.75, 3.05) is 13.1 Å². The van der Waals surface area contributed by atoms with Crippen LogP contribution >= 0.6 is 0 Å². The summed E-state index contributed by atoms with van der Waals surface area (Å²) in [6.07, 6.45) is 2.71. The van der Waals surface area contributed by atoms with Crippen LogP contribution in [0, 0.1) is 0 Å². The van der Waals surface area contributed by atoms with Crippen molar-refractivity contribution in [2.45, 2.75) is 44.8 Å². The molecule has 4 N–H and O–H groups in total. The number of nitrogens with zero attached hydrogens (tertiary/aromatic N) is 1. The molecule has 1 aromatic rings. The number of benzene rings is 1. The van der Waals surface area contributed by atoms with Crippen LogP contribution in [-0.2, 0) is 22.7 Å². The molecule has 2 heterocycles. The second kappa shape index (κ2) is 7.76. The monoisotopic (exact) mass is 344 g/mol. The highest BCUT2D eigenvalue weighted by Gasteiger charge is 2.38. The van der Waals surface area contributed by atoms with E-state index in [1.807, 2.05) is 18.2 Å². The Hall–Kier alpha value is -2.25. The number of fused-ring (bicyclic) bond motifs is 1. The molecule has 0 spiro atoms. The summed E-state index contributed by atoms with van der Waals surface area (Å²) in [6, 6.07) is 5.24. The molecule has 1 atom stereocenters. The Morgan fingerprint density at radius 2 is 2.08 bits per heavy atom. The molecular formula is C18H24N4O3. The highest BCUT2D eigenvalue weighted by molar-refractivity contribution is 6.05. The third-order valence-corrected chi connectivity index (χ3v) is 4.72. The smallest absolute Gasteiger partial charge is 0.255 e. The molecule has 0 radical (unpaired) electrons. The van der Waals surface area contributed by atoms with E-state index in [0.29, 0.717) is 25.1 Å². The van der Waals surface area contributed by atoms with E-state index in [0.717, 1.165) is 37.1 Å². The van der Waals surface area contributed by atoms with E-state index in [4.69, 9.17) is 5.73 Å². The molecule has 1 aromatic carbocycles. The largest absolute Gasteiger partial charge is 0.330 e. The number of carbonyl (C=O) groups is 3. The fraction of sp³-hybridized carbons (Fsp3) is 0.500. The van der Waals surface area contributed by atoms with Crippen LogP contribution in [0.4, 0.5) is 0 Å². The quantitative estimate of drug-likeness (QED) is 0.487. The predicted octanol–water partition coefficient (Wildman–Crippen LogP) is 0.276. The Balaban J connectivity index is 1.63. The standard InChI is InChI=1S/C18H24N4O3/c19-7-1-2-8-20-10-12-3-4-14-13(9-12)11-22(18(14)25)15-5-6-16(23)21-17(15)24/h3-4,9,15,20H,1-2,5-8,10-11,19H2,(H,21,23,24). The molecule has 1 saturated heterocycles. The van der Waals surface area contributed by atoms with E-state index < -0.39 is 6.04 Å². The first-order valence-corrected chi connectivity index (χ1v) is 8.77. The molecule has 2 aliphatic heterocycles. The topological polar surface area (TPSA) is 105 Å². The molecule has 7 heteroatoms. The zero-order valence-corrected chi connectivity index (χ0v) is 14.2. The lowest BCUT2D eigenvalue weighted by Gasteiger charge is -2.29. The van der Waals surface area contributed by atoms with Crippen molar-refractivity contribution in [3.63, 3.8) is 0 Å². The van der Waals surface area contributed by atoms with Crippen molar-refractivity contribution in [3.05, 3.63) is 34.9 Å². The van der Waals surface area contributed by atoms with Gasteiger partial charge in [0.15, 0.2) is 0 Å². The van der Waals surface area contributed by atoms with Gasteiger partial charge in [-0.15, -0.1) is 0 Å². The van der Waals surface area contributed by atoms with E-state index in [2.05, 4.69) is 10.6 Å².